The minimum atomic E-state index is -0.675. The molecule has 8 heteroatoms. The average Bonchev–Trinajstić information content (AvgIpc) is 3.19. The molecule has 0 aliphatic carbocycles. The molecule has 24 heavy (non-hydrogen) atoms. The Labute approximate surface area is 148 Å². The fourth-order valence-electron chi connectivity index (χ4n) is 2.01. The van der Waals surface area contributed by atoms with E-state index >= 15 is 0 Å². The van der Waals surface area contributed by atoms with Crippen LogP contribution in [0.1, 0.15) is 39.6 Å². The smallest absolute Gasteiger partial charge is 0.355 e. The predicted octanol–water partition coefficient (Wildman–Crippen LogP) is 3.14. The molecule has 2 aromatic heterocycles. The van der Waals surface area contributed by atoms with Crippen molar-refractivity contribution in [2.24, 2.45) is 0 Å². The Bertz CT molecular complexity index is 753. The Morgan fingerprint density at radius 3 is 2.62 bits per heavy atom. The Balaban J connectivity index is 1.90. The fourth-order valence-corrected chi connectivity index (χ4v) is 3.12. The number of halogens is 1. The number of thiophene rings is 1. The van der Waals surface area contributed by atoms with Crippen LogP contribution < -0.4 is 0 Å². The molecule has 0 atom stereocenters. The lowest BCUT2D eigenvalue weighted by Gasteiger charge is -2.19. The van der Waals surface area contributed by atoms with Crippen LogP contribution in [-0.2, 0) is 16.1 Å². The molecular weight excluding hydrogens is 352 g/mol. The van der Waals surface area contributed by atoms with Gasteiger partial charge in [0.1, 0.15) is 5.69 Å². The maximum atomic E-state index is 12.2. The van der Waals surface area contributed by atoms with Crippen molar-refractivity contribution in [2.45, 2.75) is 20.4 Å². The topological polar surface area (TPSA) is 79.5 Å². The monoisotopic (exact) mass is 368 g/mol. The highest BCUT2D eigenvalue weighted by atomic mass is 35.5. The second-order valence-corrected chi connectivity index (χ2v) is 6.85. The highest BCUT2D eigenvalue weighted by Crippen LogP contribution is 2.22. The first-order chi connectivity index (χ1) is 11.4. The Kier molecular flexibility index (Phi) is 6.16. The number of nitrogens with zero attached hydrogens (tertiary/aromatic N) is 1. The summed E-state index contributed by atoms with van der Waals surface area (Å²) in [5.74, 6) is -1.13. The second-order valence-electron chi connectivity index (χ2n) is 5.05. The molecule has 2 heterocycles. The number of nitrogens with one attached hydrogen (secondary N) is 1. The standard InChI is InChI=1S/C16H17ClN2O4S/c1-3-19(8-12-4-5-14(17)24-12)15(21)9-23-16(22)13-6-11(7-18-13)10(2)20/h4-7,18H,3,8-9H2,1-2H3. The van der Waals surface area contributed by atoms with Gasteiger partial charge in [-0.2, -0.15) is 0 Å². The van der Waals surface area contributed by atoms with Crippen LogP contribution in [0, 0.1) is 0 Å². The maximum Gasteiger partial charge on any atom is 0.355 e. The zero-order valence-electron chi connectivity index (χ0n) is 13.3. The molecule has 0 fully saturated rings. The van der Waals surface area contributed by atoms with Gasteiger partial charge in [-0.25, -0.2) is 4.79 Å². The zero-order valence-corrected chi connectivity index (χ0v) is 14.9. The molecule has 2 rings (SSSR count). The van der Waals surface area contributed by atoms with Gasteiger partial charge in [0.2, 0.25) is 0 Å². The van der Waals surface area contributed by atoms with E-state index in [4.69, 9.17) is 16.3 Å². The molecule has 0 saturated carbocycles. The second kappa shape index (κ2) is 8.12. The van der Waals surface area contributed by atoms with E-state index in [2.05, 4.69) is 4.98 Å². The number of ketones is 1. The summed E-state index contributed by atoms with van der Waals surface area (Å²) in [6, 6.07) is 5.04. The fraction of sp³-hybridized carbons (Fsp3) is 0.312. The van der Waals surface area contributed by atoms with E-state index in [-0.39, 0.29) is 24.0 Å². The molecule has 0 spiro atoms. The van der Waals surface area contributed by atoms with E-state index < -0.39 is 5.97 Å². The van der Waals surface area contributed by atoms with Crippen LogP contribution in [-0.4, -0.2) is 40.7 Å². The van der Waals surface area contributed by atoms with Gasteiger partial charge in [0, 0.05) is 23.2 Å². The first kappa shape index (κ1) is 18.2. The van der Waals surface area contributed by atoms with Crippen molar-refractivity contribution in [3.8, 4) is 0 Å². The summed E-state index contributed by atoms with van der Waals surface area (Å²) in [4.78, 5) is 40.5. The number of ether oxygens (including phenoxy) is 1. The molecule has 2 aromatic rings. The molecule has 0 saturated heterocycles. The molecule has 0 bridgehead atoms. The number of aromatic amines is 1. The molecular formula is C16H17ClN2O4S. The lowest BCUT2D eigenvalue weighted by Crippen LogP contribution is -2.33. The Morgan fingerprint density at radius 1 is 1.33 bits per heavy atom. The largest absolute Gasteiger partial charge is 0.451 e. The van der Waals surface area contributed by atoms with E-state index in [1.807, 2.05) is 13.0 Å². The highest BCUT2D eigenvalue weighted by Gasteiger charge is 2.17. The molecule has 1 amide bonds. The van der Waals surface area contributed by atoms with Crippen LogP contribution in [0.2, 0.25) is 4.34 Å². The van der Waals surface area contributed by atoms with Crippen LogP contribution in [0.3, 0.4) is 0 Å². The summed E-state index contributed by atoms with van der Waals surface area (Å²) >= 11 is 7.28. The van der Waals surface area contributed by atoms with Crippen molar-refractivity contribution in [3.05, 3.63) is 44.9 Å². The summed E-state index contributed by atoms with van der Waals surface area (Å²) in [6.45, 7) is 3.79. The molecule has 0 radical (unpaired) electrons. The summed E-state index contributed by atoms with van der Waals surface area (Å²) in [5.41, 5.74) is 0.527. The van der Waals surface area contributed by atoms with E-state index in [9.17, 15) is 14.4 Å². The van der Waals surface area contributed by atoms with Crippen molar-refractivity contribution in [3.63, 3.8) is 0 Å². The predicted molar refractivity (Wildman–Crippen MR) is 91.5 cm³/mol. The quantitative estimate of drug-likeness (QED) is 0.601. The van der Waals surface area contributed by atoms with Crippen molar-refractivity contribution >= 4 is 40.6 Å². The van der Waals surface area contributed by atoms with E-state index in [1.54, 1.807) is 11.0 Å². The highest BCUT2D eigenvalue weighted by molar-refractivity contribution is 7.16. The zero-order chi connectivity index (χ0) is 17.7. The molecule has 1 N–H and O–H groups in total. The number of likely N-dealkylation sites (N-methyl/N-ethyl adjacent to an activating group) is 1. The third kappa shape index (κ3) is 4.69. The number of carbonyl (C=O) groups is 3. The van der Waals surface area contributed by atoms with Gasteiger partial charge in [0.15, 0.2) is 12.4 Å². The number of esters is 1. The van der Waals surface area contributed by atoms with Gasteiger partial charge in [-0.3, -0.25) is 9.59 Å². The van der Waals surface area contributed by atoms with E-state index in [0.717, 1.165) is 4.88 Å². The first-order valence-corrected chi connectivity index (χ1v) is 8.48. The number of hydrogen-bond acceptors (Lipinski definition) is 5. The molecule has 0 aliphatic rings. The van der Waals surface area contributed by atoms with Crippen LogP contribution >= 0.6 is 22.9 Å². The summed E-state index contributed by atoms with van der Waals surface area (Å²) < 4.78 is 5.67. The number of H-pyrrole nitrogens is 1. The molecule has 0 aromatic carbocycles. The van der Waals surface area contributed by atoms with Crippen molar-refractivity contribution in [1.82, 2.24) is 9.88 Å². The summed E-state index contributed by atoms with van der Waals surface area (Å²) in [5, 5.41) is 0. The number of rotatable bonds is 7. The van der Waals surface area contributed by atoms with Gasteiger partial charge in [0.05, 0.1) is 10.9 Å². The summed E-state index contributed by atoms with van der Waals surface area (Å²) in [6.07, 6.45) is 1.43. The first-order valence-electron chi connectivity index (χ1n) is 7.29. The van der Waals surface area contributed by atoms with Gasteiger partial charge in [-0.1, -0.05) is 11.6 Å². The van der Waals surface area contributed by atoms with Crippen molar-refractivity contribution < 1.29 is 19.1 Å². The third-order valence-electron chi connectivity index (χ3n) is 3.35. The SMILES string of the molecule is CCN(Cc1ccc(Cl)s1)C(=O)COC(=O)c1cc(C(C)=O)c[nH]1. The van der Waals surface area contributed by atoms with Crippen LogP contribution in [0.25, 0.3) is 0 Å². The lowest BCUT2D eigenvalue weighted by atomic mass is 10.2. The van der Waals surface area contributed by atoms with Crippen LogP contribution in [0.15, 0.2) is 24.4 Å². The van der Waals surface area contributed by atoms with Gasteiger partial charge in [-0.15, -0.1) is 11.3 Å². The maximum absolute atomic E-state index is 12.2. The van der Waals surface area contributed by atoms with Gasteiger partial charge in [-0.05, 0) is 32.0 Å². The van der Waals surface area contributed by atoms with E-state index in [0.29, 0.717) is 23.0 Å². The van der Waals surface area contributed by atoms with Crippen LogP contribution in [0.5, 0.6) is 0 Å². The average molecular weight is 369 g/mol. The summed E-state index contributed by atoms with van der Waals surface area (Å²) in [7, 11) is 0. The van der Waals surface area contributed by atoms with Gasteiger partial charge >= 0.3 is 5.97 Å². The minimum absolute atomic E-state index is 0.140. The molecule has 0 aliphatic heterocycles. The molecule has 0 unspecified atom stereocenters. The van der Waals surface area contributed by atoms with Crippen molar-refractivity contribution in [2.75, 3.05) is 13.2 Å². The molecule has 6 nitrogen and oxygen atoms in total. The lowest BCUT2D eigenvalue weighted by molar-refractivity contribution is -0.134. The third-order valence-corrected chi connectivity index (χ3v) is 4.56. The Hall–Kier alpha value is -2.12. The van der Waals surface area contributed by atoms with Gasteiger partial charge < -0.3 is 14.6 Å². The number of aromatic nitrogens is 1. The van der Waals surface area contributed by atoms with E-state index in [1.165, 1.54) is 30.5 Å². The van der Waals surface area contributed by atoms with Crippen molar-refractivity contribution in [1.29, 1.82) is 0 Å². The van der Waals surface area contributed by atoms with Gasteiger partial charge in [0.25, 0.3) is 5.91 Å². The normalized spacial score (nSPS) is 10.5. The van der Waals surface area contributed by atoms with Crippen LogP contribution in [0.4, 0.5) is 0 Å². The number of Topliss-reactive ketones (excluding diaryl/α,β-unsaturated/α-hetero) is 1. The number of carbonyl (C=O) groups excluding carboxylic acids is 3. The number of hydrogen-bond donors (Lipinski definition) is 1. The minimum Gasteiger partial charge on any atom is -0.451 e. The molecule has 128 valence electrons. The Morgan fingerprint density at radius 2 is 2.08 bits per heavy atom. The number of amides is 1.